The minimum absolute atomic E-state index is 0.231. The molecule has 1 heterocycles. The monoisotopic (exact) mass is 218 g/mol. The number of benzene rings is 1. The normalized spacial score (nSPS) is 25.6. The van der Waals surface area contributed by atoms with Crippen LogP contribution in [0.3, 0.4) is 0 Å². The highest BCUT2D eigenvalue weighted by molar-refractivity contribution is 5.23. The van der Waals surface area contributed by atoms with Gasteiger partial charge in [-0.05, 0) is 31.4 Å². The Morgan fingerprint density at radius 3 is 2.62 bits per heavy atom. The van der Waals surface area contributed by atoms with Gasteiger partial charge in [0.1, 0.15) is 0 Å². The van der Waals surface area contributed by atoms with Crippen LogP contribution < -0.4 is 5.73 Å². The molecule has 0 amide bonds. The molecule has 2 atom stereocenters. The van der Waals surface area contributed by atoms with Gasteiger partial charge < -0.3 is 10.6 Å². The van der Waals surface area contributed by atoms with Gasteiger partial charge in [0.2, 0.25) is 0 Å². The van der Waals surface area contributed by atoms with Crippen molar-refractivity contribution in [2.45, 2.75) is 25.8 Å². The summed E-state index contributed by atoms with van der Waals surface area (Å²) in [5, 5.41) is 0. The van der Waals surface area contributed by atoms with Gasteiger partial charge in [-0.2, -0.15) is 0 Å². The van der Waals surface area contributed by atoms with Gasteiger partial charge in [0.15, 0.2) is 0 Å². The van der Waals surface area contributed by atoms with E-state index in [0.717, 1.165) is 12.5 Å². The fraction of sp³-hybridized carbons (Fsp3) is 0.571. The number of nitrogens with zero attached hydrogens (tertiary/aromatic N) is 1. The number of rotatable bonds is 3. The molecule has 2 nitrogen and oxygen atoms in total. The minimum atomic E-state index is -0.231. The molecule has 16 heavy (non-hydrogen) atoms. The van der Waals surface area contributed by atoms with Crippen LogP contribution in [0.25, 0.3) is 0 Å². The van der Waals surface area contributed by atoms with E-state index in [-0.39, 0.29) is 5.54 Å². The Labute approximate surface area is 98.4 Å². The lowest BCUT2D eigenvalue weighted by Gasteiger charge is -2.30. The first kappa shape index (κ1) is 11.6. The molecular formula is C14H22N2. The molecule has 1 fully saturated rings. The summed E-state index contributed by atoms with van der Waals surface area (Å²) in [5.74, 6) is 0.826. The molecule has 0 aliphatic carbocycles. The van der Waals surface area contributed by atoms with Crippen molar-refractivity contribution in [1.29, 1.82) is 0 Å². The van der Waals surface area contributed by atoms with Crippen LogP contribution >= 0.6 is 0 Å². The average molecular weight is 218 g/mol. The standard InChI is InChI=1S/C14H22N2/c1-12-8-9-16(10-12)11-14(2,15)13-6-4-3-5-7-13/h3-7,12H,8-11,15H2,1-2H3. The lowest BCUT2D eigenvalue weighted by atomic mass is 9.93. The first-order valence-corrected chi connectivity index (χ1v) is 6.15. The van der Waals surface area contributed by atoms with Crippen LogP contribution in [0.15, 0.2) is 30.3 Å². The van der Waals surface area contributed by atoms with Gasteiger partial charge in [0.25, 0.3) is 0 Å². The average Bonchev–Trinajstić information content (AvgIpc) is 2.64. The Morgan fingerprint density at radius 2 is 2.06 bits per heavy atom. The summed E-state index contributed by atoms with van der Waals surface area (Å²) in [7, 11) is 0. The zero-order valence-electron chi connectivity index (χ0n) is 10.3. The van der Waals surface area contributed by atoms with Crippen LogP contribution in [0.1, 0.15) is 25.8 Å². The molecule has 0 saturated carbocycles. The van der Waals surface area contributed by atoms with Gasteiger partial charge >= 0.3 is 0 Å². The van der Waals surface area contributed by atoms with Crippen LogP contribution in [0.5, 0.6) is 0 Å². The van der Waals surface area contributed by atoms with E-state index in [2.05, 4.69) is 43.0 Å². The number of hydrogen-bond acceptors (Lipinski definition) is 2. The predicted molar refractivity (Wildman–Crippen MR) is 68.2 cm³/mol. The van der Waals surface area contributed by atoms with E-state index in [1.165, 1.54) is 25.1 Å². The van der Waals surface area contributed by atoms with Gasteiger partial charge in [-0.1, -0.05) is 37.3 Å². The summed E-state index contributed by atoms with van der Waals surface area (Å²) in [5.41, 5.74) is 7.42. The molecule has 2 N–H and O–H groups in total. The summed E-state index contributed by atoms with van der Waals surface area (Å²) >= 11 is 0. The molecule has 1 aromatic carbocycles. The van der Waals surface area contributed by atoms with E-state index in [4.69, 9.17) is 5.73 Å². The molecule has 2 rings (SSSR count). The van der Waals surface area contributed by atoms with Crippen LogP contribution in [0.4, 0.5) is 0 Å². The third-order valence-electron chi connectivity index (χ3n) is 3.49. The molecule has 0 bridgehead atoms. The molecule has 1 aromatic rings. The minimum Gasteiger partial charge on any atom is -0.321 e. The lowest BCUT2D eigenvalue weighted by molar-refractivity contribution is 0.254. The van der Waals surface area contributed by atoms with E-state index in [9.17, 15) is 0 Å². The third-order valence-corrected chi connectivity index (χ3v) is 3.49. The van der Waals surface area contributed by atoms with Crippen molar-refractivity contribution in [2.75, 3.05) is 19.6 Å². The second-order valence-electron chi connectivity index (χ2n) is 5.41. The highest BCUT2D eigenvalue weighted by Crippen LogP contribution is 2.23. The van der Waals surface area contributed by atoms with Gasteiger partial charge in [0, 0.05) is 13.1 Å². The van der Waals surface area contributed by atoms with Crippen molar-refractivity contribution < 1.29 is 0 Å². The van der Waals surface area contributed by atoms with Crippen LogP contribution in [-0.2, 0) is 5.54 Å². The van der Waals surface area contributed by atoms with Crippen LogP contribution in [-0.4, -0.2) is 24.5 Å². The molecule has 1 saturated heterocycles. The molecule has 0 spiro atoms. The zero-order chi connectivity index (χ0) is 11.6. The van der Waals surface area contributed by atoms with E-state index in [1.54, 1.807) is 0 Å². The Hall–Kier alpha value is -0.860. The quantitative estimate of drug-likeness (QED) is 0.842. The summed E-state index contributed by atoms with van der Waals surface area (Å²) in [6.45, 7) is 7.80. The third kappa shape index (κ3) is 2.63. The fourth-order valence-electron chi connectivity index (χ4n) is 2.54. The highest BCUT2D eigenvalue weighted by atomic mass is 15.2. The van der Waals surface area contributed by atoms with E-state index in [0.29, 0.717) is 0 Å². The van der Waals surface area contributed by atoms with Crippen molar-refractivity contribution in [3.05, 3.63) is 35.9 Å². The molecule has 2 unspecified atom stereocenters. The maximum atomic E-state index is 6.42. The Balaban J connectivity index is 2.03. The molecule has 0 aromatic heterocycles. The van der Waals surface area contributed by atoms with E-state index >= 15 is 0 Å². The summed E-state index contributed by atoms with van der Waals surface area (Å²) in [6, 6.07) is 10.4. The number of likely N-dealkylation sites (tertiary alicyclic amines) is 1. The SMILES string of the molecule is CC1CCN(CC(C)(N)c2ccccc2)C1. The largest absolute Gasteiger partial charge is 0.321 e. The van der Waals surface area contributed by atoms with Crippen molar-refractivity contribution >= 4 is 0 Å². The van der Waals surface area contributed by atoms with Gasteiger partial charge in [-0.25, -0.2) is 0 Å². The van der Waals surface area contributed by atoms with E-state index < -0.39 is 0 Å². The van der Waals surface area contributed by atoms with Gasteiger partial charge in [-0.3, -0.25) is 0 Å². The zero-order valence-corrected chi connectivity index (χ0v) is 10.3. The van der Waals surface area contributed by atoms with Gasteiger partial charge in [0.05, 0.1) is 5.54 Å². The Kier molecular flexibility index (Phi) is 3.31. The molecular weight excluding hydrogens is 196 g/mol. The topological polar surface area (TPSA) is 29.3 Å². The maximum absolute atomic E-state index is 6.42. The predicted octanol–water partition coefficient (Wildman–Crippen LogP) is 2.20. The number of hydrogen-bond donors (Lipinski definition) is 1. The highest BCUT2D eigenvalue weighted by Gasteiger charge is 2.27. The van der Waals surface area contributed by atoms with Crippen molar-refractivity contribution in [3.8, 4) is 0 Å². The molecule has 1 aliphatic rings. The number of nitrogens with two attached hydrogens (primary N) is 1. The van der Waals surface area contributed by atoms with Crippen molar-refractivity contribution in [3.63, 3.8) is 0 Å². The first-order chi connectivity index (χ1) is 7.58. The Bertz CT molecular complexity index is 332. The second-order valence-corrected chi connectivity index (χ2v) is 5.41. The summed E-state index contributed by atoms with van der Waals surface area (Å²) < 4.78 is 0. The summed E-state index contributed by atoms with van der Waals surface area (Å²) in [6.07, 6.45) is 1.31. The lowest BCUT2D eigenvalue weighted by Crippen LogP contribution is -2.44. The fourth-order valence-corrected chi connectivity index (χ4v) is 2.54. The van der Waals surface area contributed by atoms with Gasteiger partial charge in [-0.15, -0.1) is 0 Å². The smallest absolute Gasteiger partial charge is 0.0509 e. The molecule has 88 valence electrons. The van der Waals surface area contributed by atoms with Crippen molar-refractivity contribution in [2.24, 2.45) is 11.7 Å². The van der Waals surface area contributed by atoms with E-state index in [1.807, 2.05) is 6.07 Å². The van der Waals surface area contributed by atoms with Crippen molar-refractivity contribution in [1.82, 2.24) is 4.90 Å². The maximum Gasteiger partial charge on any atom is 0.0509 e. The second kappa shape index (κ2) is 4.56. The Morgan fingerprint density at radius 1 is 1.38 bits per heavy atom. The summed E-state index contributed by atoms with van der Waals surface area (Å²) in [4.78, 5) is 2.48. The first-order valence-electron chi connectivity index (χ1n) is 6.15. The molecule has 0 radical (unpaired) electrons. The van der Waals surface area contributed by atoms with Crippen LogP contribution in [0.2, 0.25) is 0 Å². The molecule has 2 heteroatoms. The van der Waals surface area contributed by atoms with Crippen LogP contribution in [0, 0.1) is 5.92 Å². The molecule has 1 aliphatic heterocycles.